The van der Waals surface area contributed by atoms with E-state index in [2.05, 4.69) is 38.1 Å². The molecule has 84 heavy (non-hydrogen) atoms. The van der Waals surface area contributed by atoms with Crippen LogP contribution < -0.4 is 0 Å². The van der Waals surface area contributed by atoms with Crippen LogP contribution in [0.25, 0.3) is 12.2 Å². The fourth-order valence-electron chi connectivity index (χ4n) is 12.5. The van der Waals surface area contributed by atoms with E-state index in [1.807, 2.05) is 152 Å². The predicted octanol–water partition coefficient (Wildman–Crippen LogP) is 13.7. The molecule has 3 fully saturated rings. The molecule has 3 aromatic rings. The third kappa shape index (κ3) is 17.9. The molecule has 5 unspecified atom stereocenters. The van der Waals surface area contributed by atoms with Gasteiger partial charge >= 0.3 is 17.9 Å². The second-order valence-corrected chi connectivity index (χ2v) is 25.6. The lowest BCUT2D eigenvalue weighted by Gasteiger charge is -2.24. The third-order valence-electron chi connectivity index (χ3n) is 16.1. The zero-order valence-corrected chi connectivity index (χ0v) is 52.9. The molecule has 460 valence electrons. The van der Waals surface area contributed by atoms with Crippen molar-refractivity contribution < 1.29 is 67.2 Å². The van der Waals surface area contributed by atoms with Gasteiger partial charge in [0, 0.05) is 18.8 Å². The average Bonchev–Trinajstić information content (AvgIpc) is 3.96. The number of carbonyl (C=O) groups is 3. The highest BCUT2D eigenvalue weighted by atomic mass is 16.8. The number of aliphatic hydroxyl groups is 2. The van der Waals surface area contributed by atoms with Crippen LogP contribution in [0.4, 0.5) is 0 Å². The van der Waals surface area contributed by atoms with E-state index in [1.165, 1.54) is 0 Å². The summed E-state index contributed by atoms with van der Waals surface area (Å²) in [6.45, 7) is 31.2. The third-order valence-corrected chi connectivity index (χ3v) is 16.1. The van der Waals surface area contributed by atoms with Gasteiger partial charge in [0.2, 0.25) is 0 Å². The lowest BCUT2D eigenvalue weighted by Crippen LogP contribution is -2.35. The van der Waals surface area contributed by atoms with E-state index in [4.69, 9.17) is 42.6 Å². The number of rotatable bonds is 0. The van der Waals surface area contributed by atoms with Crippen molar-refractivity contribution in [1.82, 2.24) is 0 Å². The maximum absolute atomic E-state index is 12.8. The van der Waals surface area contributed by atoms with Crippen LogP contribution in [0.1, 0.15) is 208 Å². The number of esters is 3. The topological polar surface area (TPSA) is 175 Å². The molecule has 14 nitrogen and oxygen atoms in total. The molecule has 0 aliphatic carbocycles. The van der Waals surface area contributed by atoms with Crippen molar-refractivity contribution in [3.05, 3.63) is 140 Å². The molecule has 6 aliphatic rings. The molecule has 0 aromatic heterocycles. The Morgan fingerprint density at radius 2 is 0.881 bits per heavy atom. The first-order valence-corrected chi connectivity index (χ1v) is 30.5. The van der Waals surface area contributed by atoms with Crippen LogP contribution in [-0.2, 0) is 49.1 Å². The van der Waals surface area contributed by atoms with Crippen molar-refractivity contribution in [3.8, 4) is 0 Å². The van der Waals surface area contributed by atoms with E-state index in [9.17, 15) is 24.6 Å². The first kappa shape index (κ1) is 66.2. The van der Waals surface area contributed by atoms with Gasteiger partial charge in [-0.2, -0.15) is 0 Å². The number of hydrogen-bond acceptors (Lipinski definition) is 14. The van der Waals surface area contributed by atoms with Gasteiger partial charge in [-0.1, -0.05) is 109 Å². The second-order valence-electron chi connectivity index (χ2n) is 25.6. The number of carbonyl (C=O) groups excluding carboxylic acids is 3. The van der Waals surface area contributed by atoms with Crippen molar-refractivity contribution in [3.63, 3.8) is 0 Å². The van der Waals surface area contributed by atoms with Crippen LogP contribution in [-0.4, -0.2) is 113 Å². The molecule has 9 rings (SSSR count). The van der Waals surface area contributed by atoms with Crippen molar-refractivity contribution in [2.75, 3.05) is 0 Å². The van der Waals surface area contributed by atoms with Crippen LogP contribution in [0.2, 0.25) is 0 Å². The predicted molar refractivity (Wildman–Crippen MR) is 327 cm³/mol. The maximum Gasteiger partial charge on any atom is 0.339 e. The molecule has 2 N–H and O–H groups in total. The van der Waals surface area contributed by atoms with Gasteiger partial charge in [-0.15, -0.1) is 0 Å². The normalized spacial score (nSPS) is 32.2. The minimum absolute atomic E-state index is 0.00425. The fraction of sp³-hybridized carbons (Fsp3) is 0.586. The van der Waals surface area contributed by atoms with E-state index in [-0.39, 0.29) is 72.7 Å². The molecule has 0 amide bonds. The van der Waals surface area contributed by atoms with Gasteiger partial charge in [-0.25, -0.2) is 14.4 Å². The summed E-state index contributed by atoms with van der Waals surface area (Å²) in [6.07, 6.45) is 19.5. The maximum atomic E-state index is 12.8. The summed E-state index contributed by atoms with van der Waals surface area (Å²) in [5.41, 5.74) is 10.8. The average molecular weight is 1160 g/mol. The Morgan fingerprint density at radius 1 is 0.440 bits per heavy atom. The van der Waals surface area contributed by atoms with Gasteiger partial charge in [0.05, 0.1) is 53.3 Å². The van der Waals surface area contributed by atoms with E-state index < -0.39 is 35.7 Å². The largest absolute Gasteiger partial charge is 0.459 e. The molecule has 14 heteroatoms. The number of fused-ring (bicyclic) bond motifs is 6. The summed E-state index contributed by atoms with van der Waals surface area (Å²) in [5.74, 6) is -2.63. The molecular weight excluding hydrogens is 1060 g/mol. The zero-order chi connectivity index (χ0) is 61.4. The van der Waals surface area contributed by atoms with Gasteiger partial charge in [-0.3, -0.25) is 0 Å². The number of benzene rings is 3. The Hall–Kier alpha value is -5.29. The molecule has 6 heterocycles. The van der Waals surface area contributed by atoms with Gasteiger partial charge in [-0.05, 0) is 189 Å². The Morgan fingerprint density at radius 3 is 1.43 bits per heavy atom. The van der Waals surface area contributed by atoms with E-state index in [0.717, 1.165) is 82.2 Å². The lowest BCUT2D eigenvalue weighted by atomic mass is 9.92. The molecule has 0 spiro atoms. The minimum atomic E-state index is -0.789. The number of aryl methyl sites for hydroxylation is 7. The van der Waals surface area contributed by atoms with Crippen LogP contribution >= 0.6 is 0 Å². The fourth-order valence-corrected chi connectivity index (χ4v) is 12.5. The Balaban J connectivity index is 0.000000181. The van der Waals surface area contributed by atoms with Gasteiger partial charge in [0.25, 0.3) is 0 Å². The Labute approximate surface area is 500 Å². The van der Waals surface area contributed by atoms with Crippen molar-refractivity contribution >= 4 is 30.1 Å². The van der Waals surface area contributed by atoms with E-state index in [0.29, 0.717) is 48.8 Å². The quantitative estimate of drug-likeness (QED) is 0.124. The SMILES string of the molecule is Cc1cc(C)c2c(c1)/C=C/CC1OC(C)(C)OC1C(C)/C=C\C[C@H](C)OC2=O.Cc1cc(C)c2c(c1)/C=C/C[C@H]1OC(C)(C)O[C@H]1C(O)/C=C\C[C@H](C)OC2=O.Cc1cc(C)c2c(c1)CCC[C@@H]1OC(C)(C)O[C@@H]1C(O)CCC[C@H](C)OC2=O. The summed E-state index contributed by atoms with van der Waals surface area (Å²) in [5, 5.41) is 21.2. The summed E-state index contributed by atoms with van der Waals surface area (Å²) < 4.78 is 53.5. The van der Waals surface area contributed by atoms with Crippen LogP contribution in [0.3, 0.4) is 0 Å². The monoisotopic (exact) mass is 1160 g/mol. The van der Waals surface area contributed by atoms with Crippen LogP contribution in [0, 0.1) is 47.5 Å². The zero-order valence-electron chi connectivity index (χ0n) is 52.9. The molecule has 0 bridgehead atoms. The van der Waals surface area contributed by atoms with Crippen molar-refractivity contribution in [1.29, 1.82) is 0 Å². The standard InChI is InChI=1S/C24H32O4.C23H34O5.C23H30O5/c1-15-13-17(3)21-19(14-15)11-8-12-20-22(28-24(5,6)27-20)16(2)9-7-10-18(4)26-23(21)25;2*1-14-12-15(2)20-17(13-14)9-7-11-19-21(28-23(4,5)27-19)18(24)10-6-8-16(3)26-22(20)25/h7-9,11,13-14,16,18,20,22H,10,12H2,1-6H3;12-13,16,18-19,21,24H,6-11H2,1-5H3;6-7,9-10,12-13,16,18-19,21,24H,8,11H2,1-5H3/b9-7-,11-8+;;9-7+,10-6-/t16?,18-,20?,22?;16-,18?,19-,21+;16-,18?,19+,21-/m000/s1. The Kier molecular flexibility index (Phi) is 22.5. The first-order valence-electron chi connectivity index (χ1n) is 30.5. The molecule has 12 atom stereocenters. The summed E-state index contributed by atoms with van der Waals surface area (Å²) in [4.78, 5) is 38.4. The van der Waals surface area contributed by atoms with Gasteiger partial charge in [0.1, 0.15) is 30.5 Å². The molecule has 6 aliphatic heterocycles. The molecule has 3 aromatic carbocycles. The smallest absolute Gasteiger partial charge is 0.339 e. The number of aliphatic hydroxyl groups excluding tert-OH is 2. The summed E-state index contributed by atoms with van der Waals surface area (Å²) in [6, 6.07) is 12.2. The molecular formula is C70H96O14. The minimum Gasteiger partial charge on any atom is -0.459 e. The molecule has 0 saturated carbocycles. The van der Waals surface area contributed by atoms with Crippen LogP contribution in [0.15, 0.2) is 72.9 Å². The molecule has 3 saturated heterocycles. The van der Waals surface area contributed by atoms with Gasteiger partial charge < -0.3 is 52.8 Å². The highest BCUT2D eigenvalue weighted by Crippen LogP contribution is 2.38. The number of cyclic esters (lactones) is 3. The molecule has 0 radical (unpaired) electrons. The Bertz CT molecular complexity index is 2780. The van der Waals surface area contributed by atoms with E-state index in [1.54, 1.807) is 6.08 Å². The highest BCUT2D eigenvalue weighted by Gasteiger charge is 2.46. The lowest BCUT2D eigenvalue weighted by molar-refractivity contribution is -0.156. The first-order chi connectivity index (χ1) is 39.5. The second kappa shape index (κ2) is 28.5. The van der Waals surface area contributed by atoms with E-state index >= 15 is 0 Å². The van der Waals surface area contributed by atoms with Crippen molar-refractivity contribution in [2.24, 2.45) is 5.92 Å². The van der Waals surface area contributed by atoms with Crippen LogP contribution in [0.5, 0.6) is 0 Å². The number of ether oxygens (including phenoxy) is 9. The van der Waals surface area contributed by atoms with Gasteiger partial charge in [0.15, 0.2) is 17.4 Å². The summed E-state index contributed by atoms with van der Waals surface area (Å²) in [7, 11) is 0. The van der Waals surface area contributed by atoms with Crippen molar-refractivity contribution in [2.45, 2.75) is 259 Å². The summed E-state index contributed by atoms with van der Waals surface area (Å²) >= 11 is 0. The highest BCUT2D eigenvalue weighted by molar-refractivity contribution is 5.96. The number of hydrogen-bond donors (Lipinski definition) is 2.